The number of nitrogens with one attached hydrogen (secondary N) is 2. The highest BCUT2D eigenvalue weighted by Gasteiger charge is 2.32. The molecule has 3 rings (SSSR count). The van der Waals surface area contributed by atoms with E-state index in [0.29, 0.717) is 17.6 Å². The summed E-state index contributed by atoms with van der Waals surface area (Å²) < 4.78 is 5.08. The van der Waals surface area contributed by atoms with E-state index in [1.165, 1.54) is 7.11 Å². The number of aromatic amines is 1. The summed E-state index contributed by atoms with van der Waals surface area (Å²) in [6, 6.07) is 3.52. The van der Waals surface area contributed by atoms with E-state index in [1.54, 1.807) is 17.0 Å². The van der Waals surface area contributed by atoms with Crippen molar-refractivity contribution in [2.24, 2.45) is 0 Å². The van der Waals surface area contributed by atoms with Gasteiger partial charge in [0.25, 0.3) is 5.56 Å². The number of H-pyrrole nitrogens is 1. The zero-order chi connectivity index (χ0) is 17.3. The molecule has 0 spiro atoms. The van der Waals surface area contributed by atoms with Crippen LogP contribution < -0.4 is 26.2 Å². The predicted octanol–water partition coefficient (Wildman–Crippen LogP) is 0.575. The second kappa shape index (κ2) is 6.34. The van der Waals surface area contributed by atoms with Crippen LogP contribution in [0, 0.1) is 0 Å². The van der Waals surface area contributed by atoms with E-state index in [2.05, 4.69) is 25.3 Å². The highest BCUT2D eigenvalue weighted by Crippen LogP contribution is 2.37. The van der Waals surface area contributed by atoms with Crippen LogP contribution in [0.2, 0.25) is 0 Å². The number of hydrogen-bond donors (Lipinski definition) is 3. The molecule has 1 aliphatic rings. The summed E-state index contributed by atoms with van der Waals surface area (Å²) in [5.41, 5.74) is 6.34. The fourth-order valence-corrected chi connectivity index (χ4v) is 2.69. The van der Waals surface area contributed by atoms with Gasteiger partial charge in [-0.05, 0) is 12.8 Å². The number of aromatic nitrogens is 4. The molecule has 9 heteroatoms. The summed E-state index contributed by atoms with van der Waals surface area (Å²) in [6.45, 7) is 0. The number of ether oxygens (including phenoxy) is 1. The molecule has 2 aromatic heterocycles. The van der Waals surface area contributed by atoms with E-state index in [-0.39, 0.29) is 23.5 Å². The van der Waals surface area contributed by atoms with Gasteiger partial charge in [0.15, 0.2) is 0 Å². The van der Waals surface area contributed by atoms with Gasteiger partial charge in [-0.2, -0.15) is 9.97 Å². The van der Waals surface area contributed by atoms with Crippen LogP contribution in [0.4, 0.5) is 17.7 Å². The summed E-state index contributed by atoms with van der Waals surface area (Å²) in [7, 11) is 5.23. The minimum atomic E-state index is -0.131. The Balaban J connectivity index is 1.66. The Labute approximate surface area is 139 Å². The van der Waals surface area contributed by atoms with Crippen LogP contribution in [-0.4, -0.2) is 47.2 Å². The van der Waals surface area contributed by atoms with Crippen molar-refractivity contribution in [1.82, 2.24) is 19.9 Å². The number of methoxy groups -OCH3 is 1. The maximum Gasteiger partial charge on any atom is 0.252 e. The van der Waals surface area contributed by atoms with Crippen LogP contribution in [0.15, 0.2) is 16.9 Å². The van der Waals surface area contributed by atoms with E-state index >= 15 is 0 Å². The Bertz CT molecular complexity index is 784. The molecule has 1 saturated carbocycles. The second-order valence-corrected chi connectivity index (χ2v) is 6.05. The van der Waals surface area contributed by atoms with Gasteiger partial charge in [0.2, 0.25) is 17.8 Å². The lowest BCUT2D eigenvalue weighted by Crippen LogP contribution is -2.35. The summed E-state index contributed by atoms with van der Waals surface area (Å²) in [4.78, 5) is 28.9. The molecule has 2 heterocycles. The van der Waals surface area contributed by atoms with E-state index in [1.807, 2.05) is 14.1 Å². The minimum Gasteiger partial charge on any atom is -0.481 e. The van der Waals surface area contributed by atoms with E-state index < -0.39 is 0 Å². The first kappa shape index (κ1) is 16.0. The maximum atomic E-state index is 11.8. The molecule has 24 heavy (non-hydrogen) atoms. The zero-order valence-corrected chi connectivity index (χ0v) is 13.9. The van der Waals surface area contributed by atoms with E-state index in [0.717, 1.165) is 18.5 Å². The first-order chi connectivity index (χ1) is 11.4. The van der Waals surface area contributed by atoms with Crippen molar-refractivity contribution in [3.63, 3.8) is 0 Å². The Hall–Kier alpha value is -2.84. The van der Waals surface area contributed by atoms with Crippen LogP contribution in [0.5, 0.6) is 5.88 Å². The Morgan fingerprint density at radius 1 is 1.29 bits per heavy atom. The molecule has 1 fully saturated rings. The fraction of sp³-hybridized carbons (Fsp3) is 0.467. The quantitative estimate of drug-likeness (QED) is 0.727. The molecule has 0 bridgehead atoms. The molecular weight excluding hydrogens is 310 g/mol. The van der Waals surface area contributed by atoms with Gasteiger partial charge in [0.1, 0.15) is 5.82 Å². The van der Waals surface area contributed by atoms with Crippen molar-refractivity contribution in [3.8, 4) is 5.88 Å². The highest BCUT2D eigenvalue weighted by atomic mass is 16.5. The summed E-state index contributed by atoms with van der Waals surface area (Å²) >= 11 is 0. The topological polar surface area (TPSA) is 122 Å². The molecule has 1 aliphatic carbocycles. The average Bonchev–Trinajstić information content (AvgIpc) is 2.49. The molecule has 2 aromatic rings. The molecule has 0 amide bonds. The highest BCUT2D eigenvalue weighted by molar-refractivity contribution is 5.44. The van der Waals surface area contributed by atoms with Gasteiger partial charge in [0.05, 0.1) is 12.8 Å². The van der Waals surface area contributed by atoms with Crippen molar-refractivity contribution in [2.45, 2.75) is 24.8 Å². The summed E-state index contributed by atoms with van der Waals surface area (Å²) in [6.07, 6.45) is 1.74. The number of anilines is 3. The number of nitrogens with two attached hydrogens (primary N) is 1. The van der Waals surface area contributed by atoms with Gasteiger partial charge in [-0.25, -0.2) is 4.98 Å². The standard InChI is InChI=1S/C15H21N7O2/c1-22(2)15-18-10(6-12(23)20-15)8-4-9(5-8)17-11-7-13(24-3)21-14(16)19-11/h6-9H,4-5H2,1-3H3,(H,18,20,23)(H3,16,17,19,21). The largest absolute Gasteiger partial charge is 0.481 e. The lowest BCUT2D eigenvalue weighted by atomic mass is 9.78. The lowest BCUT2D eigenvalue weighted by molar-refractivity contribution is 0.365. The molecule has 9 nitrogen and oxygen atoms in total. The van der Waals surface area contributed by atoms with Gasteiger partial charge < -0.3 is 20.7 Å². The van der Waals surface area contributed by atoms with Crippen molar-refractivity contribution in [3.05, 3.63) is 28.2 Å². The third-order valence-corrected chi connectivity index (χ3v) is 4.01. The molecule has 128 valence electrons. The van der Waals surface area contributed by atoms with Crippen LogP contribution in [0.1, 0.15) is 24.5 Å². The van der Waals surface area contributed by atoms with Crippen LogP contribution >= 0.6 is 0 Å². The molecule has 0 aromatic carbocycles. The number of nitrogens with zero attached hydrogens (tertiary/aromatic N) is 4. The predicted molar refractivity (Wildman–Crippen MR) is 91.6 cm³/mol. The molecule has 0 radical (unpaired) electrons. The average molecular weight is 331 g/mol. The lowest BCUT2D eigenvalue weighted by Gasteiger charge is -2.35. The minimum absolute atomic E-state index is 0.131. The van der Waals surface area contributed by atoms with E-state index in [4.69, 9.17) is 10.5 Å². The smallest absolute Gasteiger partial charge is 0.252 e. The third kappa shape index (κ3) is 3.39. The Morgan fingerprint density at radius 3 is 2.71 bits per heavy atom. The van der Waals surface area contributed by atoms with Gasteiger partial charge in [-0.15, -0.1) is 0 Å². The van der Waals surface area contributed by atoms with Gasteiger partial charge in [-0.1, -0.05) is 0 Å². The van der Waals surface area contributed by atoms with Gasteiger partial charge in [-0.3, -0.25) is 9.78 Å². The number of nitrogen functional groups attached to an aromatic ring is 1. The first-order valence-corrected chi connectivity index (χ1v) is 7.68. The van der Waals surface area contributed by atoms with Crippen molar-refractivity contribution < 1.29 is 4.74 Å². The summed E-state index contributed by atoms with van der Waals surface area (Å²) in [5, 5.41) is 3.31. The van der Waals surface area contributed by atoms with E-state index in [9.17, 15) is 4.79 Å². The van der Waals surface area contributed by atoms with Gasteiger partial charge >= 0.3 is 0 Å². The molecule has 4 N–H and O–H groups in total. The van der Waals surface area contributed by atoms with Crippen molar-refractivity contribution in [2.75, 3.05) is 37.2 Å². The number of rotatable bonds is 5. The second-order valence-electron chi connectivity index (χ2n) is 6.05. The van der Waals surface area contributed by atoms with Crippen LogP contribution in [-0.2, 0) is 0 Å². The monoisotopic (exact) mass is 331 g/mol. The van der Waals surface area contributed by atoms with Crippen LogP contribution in [0.25, 0.3) is 0 Å². The molecule has 0 saturated heterocycles. The third-order valence-electron chi connectivity index (χ3n) is 4.01. The zero-order valence-electron chi connectivity index (χ0n) is 13.9. The van der Waals surface area contributed by atoms with Crippen LogP contribution in [0.3, 0.4) is 0 Å². The normalized spacial score (nSPS) is 19.5. The molecule has 0 atom stereocenters. The first-order valence-electron chi connectivity index (χ1n) is 7.68. The number of hydrogen-bond acceptors (Lipinski definition) is 8. The Kier molecular flexibility index (Phi) is 4.24. The molecule has 0 aliphatic heterocycles. The SMILES string of the molecule is COc1cc(NC2CC(c3cc(=O)[nH]c(N(C)C)n3)C2)nc(N)n1. The van der Waals surface area contributed by atoms with Crippen molar-refractivity contribution >= 4 is 17.7 Å². The molecule has 0 unspecified atom stereocenters. The van der Waals surface area contributed by atoms with Gasteiger partial charge in [0, 0.05) is 38.2 Å². The Morgan fingerprint density at radius 2 is 2.04 bits per heavy atom. The fourth-order valence-electron chi connectivity index (χ4n) is 2.69. The summed E-state index contributed by atoms with van der Waals surface area (Å²) in [5.74, 6) is 2.05. The maximum absolute atomic E-state index is 11.8. The van der Waals surface area contributed by atoms with Crippen molar-refractivity contribution in [1.29, 1.82) is 0 Å². The molecular formula is C15H21N7O2.